The smallest absolute Gasteiger partial charge is 0.407 e. The van der Waals surface area contributed by atoms with Gasteiger partial charge >= 0.3 is 6.09 Å². The van der Waals surface area contributed by atoms with E-state index in [0.29, 0.717) is 42.4 Å². The zero-order chi connectivity index (χ0) is 25.8. The number of rotatable bonds is 6. The standard InChI is InChI=1S/C22H22ClFN10O2/c1-3-27-19-20-28-10-13(9-26)34(20)32-21(31-19)29-16-6-12(8-25)7-17(18(16)23)33-5-4-15(14(24)11-33)30-22(35)36-2/h6-7,10,14-15H,3-5,11H2,1-2H3,(H,30,35)(H2,27,29,31,32)/t14-,15+/m1/s1. The topological polar surface area (TPSA) is 156 Å². The maximum absolute atomic E-state index is 14.9. The molecule has 14 heteroatoms. The Morgan fingerprint density at radius 2 is 2.17 bits per heavy atom. The molecule has 0 saturated carbocycles. The minimum Gasteiger partial charge on any atom is -0.453 e. The van der Waals surface area contributed by atoms with Crippen LogP contribution in [-0.2, 0) is 4.74 Å². The van der Waals surface area contributed by atoms with Crippen LogP contribution in [0.5, 0.6) is 0 Å². The lowest BCUT2D eigenvalue weighted by atomic mass is 10.0. The summed E-state index contributed by atoms with van der Waals surface area (Å²) in [7, 11) is 1.22. The van der Waals surface area contributed by atoms with E-state index in [1.54, 1.807) is 11.0 Å². The Morgan fingerprint density at radius 1 is 1.36 bits per heavy atom. The monoisotopic (exact) mass is 512 g/mol. The van der Waals surface area contributed by atoms with Crippen LogP contribution in [0.4, 0.5) is 32.3 Å². The number of anilines is 4. The van der Waals surface area contributed by atoms with Gasteiger partial charge in [-0.05, 0) is 25.5 Å². The number of alkyl halides is 1. The molecule has 3 heterocycles. The molecule has 0 radical (unpaired) electrons. The fourth-order valence-corrected chi connectivity index (χ4v) is 4.18. The number of ether oxygens (including phenoxy) is 1. The normalized spacial score (nSPS) is 17.2. The highest BCUT2D eigenvalue weighted by Gasteiger charge is 2.32. The van der Waals surface area contributed by atoms with Gasteiger partial charge in [0, 0.05) is 13.1 Å². The van der Waals surface area contributed by atoms with Crippen molar-refractivity contribution in [2.45, 2.75) is 25.6 Å². The first-order valence-electron chi connectivity index (χ1n) is 11.0. The lowest BCUT2D eigenvalue weighted by Crippen LogP contribution is -2.52. The number of nitrogens with one attached hydrogen (secondary N) is 3. The third kappa shape index (κ3) is 4.87. The van der Waals surface area contributed by atoms with E-state index in [2.05, 4.69) is 41.8 Å². The first kappa shape index (κ1) is 24.8. The number of alkyl carbamates (subject to hydrolysis) is 1. The molecule has 2 aromatic heterocycles. The molecule has 4 rings (SSSR count). The van der Waals surface area contributed by atoms with Crippen molar-refractivity contribution < 1.29 is 13.9 Å². The molecule has 36 heavy (non-hydrogen) atoms. The molecular formula is C22H22ClFN10O2. The SMILES string of the molecule is CCNc1nc(Nc2cc(C#N)cc(N3CC[C@H](NC(=O)OC)[C@H](F)C3)c2Cl)nn2c(C#N)cnc12. The average molecular weight is 513 g/mol. The number of fused-ring (bicyclic) bond motifs is 1. The molecule has 0 unspecified atom stereocenters. The van der Waals surface area contributed by atoms with Crippen LogP contribution in [0.2, 0.25) is 5.02 Å². The van der Waals surface area contributed by atoms with Gasteiger partial charge in [-0.1, -0.05) is 11.6 Å². The molecule has 1 saturated heterocycles. The van der Waals surface area contributed by atoms with Crippen LogP contribution in [-0.4, -0.2) is 64.6 Å². The lowest BCUT2D eigenvalue weighted by molar-refractivity contribution is 0.150. The third-order valence-electron chi connectivity index (χ3n) is 5.62. The van der Waals surface area contributed by atoms with Crippen LogP contribution in [0, 0.1) is 22.7 Å². The summed E-state index contributed by atoms with van der Waals surface area (Å²) < 4.78 is 20.8. The van der Waals surface area contributed by atoms with Crippen LogP contribution in [0.15, 0.2) is 18.3 Å². The molecule has 1 aliphatic heterocycles. The van der Waals surface area contributed by atoms with Crippen molar-refractivity contribution >= 4 is 46.5 Å². The highest BCUT2D eigenvalue weighted by molar-refractivity contribution is 6.36. The zero-order valence-corrected chi connectivity index (χ0v) is 20.2. The first-order chi connectivity index (χ1) is 17.4. The fraction of sp³-hybridized carbons (Fsp3) is 0.364. The van der Waals surface area contributed by atoms with Crippen molar-refractivity contribution in [1.29, 1.82) is 10.5 Å². The van der Waals surface area contributed by atoms with Crippen molar-refractivity contribution in [2.24, 2.45) is 0 Å². The molecular weight excluding hydrogens is 491 g/mol. The molecule has 3 N–H and O–H groups in total. The van der Waals surface area contributed by atoms with Crippen LogP contribution >= 0.6 is 11.6 Å². The van der Waals surface area contributed by atoms with E-state index in [1.807, 2.05) is 13.0 Å². The number of hydrogen-bond acceptors (Lipinski definition) is 10. The van der Waals surface area contributed by atoms with Crippen molar-refractivity contribution in [1.82, 2.24) is 24.9 Å². The van der Waals surface area contributed by atoms with E-state index in [4.69, 9.17) is 11.6 Å². The van der Waals surface area contributed by atoms with Gasteiger partial charge in [0.1, 0.15) is 12.2 Å². The van der Waals surface area contributed by atoms with Gasteiger partial charge in [0.05, 0.1) is 53.9 Å². The van der Waals surface area contributed by atoms with Crippen LogP contribution < -0.4 is 20.9 Å². The Bertz CT molecular complexity index is 1380. The summed E-state index contributed by atoms with van der Waals surface area (Å²) in [6.07, 6.45) is -0.369. The Balaban J connectivity index is 1.66. The van der Waals surface area contributed by atoms with Gasteiger partial charge < -0.3 is 25.6 Å². The van der Waals surface area contributed by atoms with Gasteiger partial charge in [0.2, 0.25) is 5.95 Å². The third-order valence-corrected chi connectivity index (χ3v) is 6.02. The first-order valence-corrected chi connectivity index (χ1v) is 11.4. The summed E-state index contributed by atoms with van der Waals surface area (Å²) in [5.41, 5.74) is 1.66. The number of imidazole rings is 1. The summed E-state index contributed by atoms with van der Waals surface area (Å²) in [5.74, 6) is 0.518. The van der Waals surface area contributed by atoms with E-state index >= 15 is 0 Å². The molecule has 2 atom stereocenters. The second-order valence-electron chi connectivity index (χ2n) is 7.89. The highest BCUT2D eigenvalue weighted by Crippen LogP contribution is 2.37. The van der Waals surface area contributed by atoms with Gasteiger partial charge in [-0.3, -0.25) is 0 Å². The Labute approximate surface area is 210 Å². The largest absolute Gasteiger partial charge is 0.453 e. The quantitative estimate of drug-likeness (QED) is 0.448. The number of carbonyl (C=O) groups is 1. The van der Waals surface area contributed by atoms with E-state index in [-0.39, 0.29) is 28.8 Å². The number of benzene rings is 1. The number of carbonyl (C=O) groups excluding carboxylic acids is 1. The minimum absolute atomic E-state index is 0.0453. The van der Waals surface area contributed by atoms with E-state index in [1.165, 1.54) is 23.9 Å². The summed E-state index contributed by atoms with van der Waals surface area (Å²) in [6.45, 7) is 2.79. The van der Waals surface area contributed by atoms with Gasteiger partial charge in [-0.2, -0.15) is 20.0 Å². The number of nitrogens with zero attached hydrogens (tertiary/aromatic N) is 7. The number of hydrogen-bond donors (Lipinski definition) is 3. The van der Waals surface area contributed by atoms with Gasteiger partial charge in [0.15, 0.2) is 17.2 Å². The fourth-order valence-electron chi connectivity index (χ4n) is 3.91. The lowest BCUT2D eigenvalue weighted by Gasteiger charge is -2.36. The molecule has 0 spiro atoms. The minimum atomic E-state index is -1.38. The predicted octanol–water partition coefficient (Wildman–Crippen LogP) is 2.97. The second kappa shape index (κ2) is 10.5. The molecule has 1 aliphatic rings. The predicted molar refractivity (Wildman–Crippen MR) is 130 cm³/mol. The summed E-state index contributed by atoms with van der Waals surface area (Å²) >= 11 is 6.70. The van der Waals surface area contributed by atoms with Crippen molar-refractivity contribution in [3.05, 3.63) is 34.6 Å². The second-order valence-corrected chi connectivity index (χ2v) is 8.27. The van der Waals surface area contributed by atoms with E-state index in [0.717, 1.165) is 0 Å². The maximum atomic E-state index is 14.9. The molecule has 1 amide bonds. The van der Waals surface area contributed by atoms with Gasteiger partial charge in [-0.15, -0.1) is 5.10 Å². The average Bonchev–Trinajstić information content (AvgIpc) is 3.30. The van der Waals surface area contributed by atoms with Gasteiger partial charge in [-0.25, -0.2) is 14.2 Å². The molecule has 1 fully saturated rings. The van der Waals surface area contributed by atoms with E-state index < -0.39 is 18.3 Å². The van der Waals surface area contributed by atoms with Crippen LogP contribution in [0.25, 0.3) is 5.65 Å². The molecule has 1 aromatic carbocycles. The number of piperidine rings is 1. The highest BCUT2D eigenvalue weighted by atomic mass is 35.5. The summed E-state index contributed by atoms with van der Waals surface area (Å²) in [5, 5.41) is 32.2. The van der Waals surface area contributed by atoms with Crippen molar-refractivity contribution in [3.63, 3.8) is 0 Å². The van der Waals surface area contributed by atoms with Crippen LogP contribution in [0.1, 0.15) is 24.6 Å². The number of amides is 1. The Hall–Kier alpha value is -4.36. The summed E-state index contributed by atoms with van der Waals surface area (Å²) in [6, 6.07) is 6.52. The zero-order valence-electron chi connectivity index (χ0n) is 19.4. The molecule has 0 aliphatic carbocycles. The number of aromatic nitrogens is 4. The maximum Gasteiger partial charge on any atom is 0.407 e. The molecule has 3 aromatic rings. The number of methoxy groups -OCH3 is 1. The number of nitriles is 2. The molecule has 12 nitrogen and oxygen atoms in total. The Kier molecular flexibility index (Phi) is 7.22. The Morgan fingerprint density at radius 3 is 2.83 bits per heavy atom. The van der Waals surface area contributed by atoms with Crippen LogP contribution in [0.3, 0.4) is 0 Å². The summed E-state index contributed by atoms with van der Waals surface area (Å²) in [4.78, 5) is 21.8. The molecule has 186 valence electrons. The van der Waals surface area contributed by atoms with E-state index in [9.17, 15) is 19.7 Å². The van der Waals surface area contributed by atoms with Gasteiger partial charge in [0.25, 0.3) is 0 Å². The number of halogens is 2. The van der Waals surface area contributed by atoms with Crippen molar-refractivity contribution in [3.8, 4) is 12.1 Å². The molecule has 0 bridgehead atoms. The van der Waals surface area contributed by atoms with Crippen molar-refractivity contribution in [2.75, 3.05) is 42.3 Å².